The number of aromatic nitrogens is 2. The summed E-state index contributed by atoms with van der Waals surface area (Å²) in [6.45, 7) is 6.13. The van der Waals surface area contributed by atoms with Crippen LogP contribution >= 0.6 is 0 Å². The molecule has 1 aromatic heterocycles. The van der Waals surface area contributed by atoms with E-state index in [1.54, 1.807) is 20.8 Å². The van der Waals surface area contributed by atoms with Gasteiger partial charge >= 0.3 is 6.09 Å². The van der Waals surface area contributed by atoms with Gasteiger partial charge in [0, 0.05) is 6.54 Å². The van der Waals surface area contributed by atoms with Gasteiger partial charge in [-0.25, -0.2) is 14.8 Å². The summed E-state index contributed by atoms with van der Waals surface area (Å²) >= 11 is 0. The molecular formula is C11H18N4O3. The average molecular weight is 254 g/mol. The molecule has 0 spiro atoms. The molecule has 0 radical (unpaired) electrons. The molecule has 3 N–H and O–H groups in total. The van der Waals surface area contributed by atoms with Crippen LogP contribution in [0.5, 0.6) is 5.75 Å². The molecule has 7 heteroatoms. The summed E-state index contributed by atoms with van der Waals surface area (Å²) in [5.41, 5.74) is 4.73. The Labute approximate surface area is 106 Å². The number of hydrogen-bond donors (Lipinski definition) is 2. The molecule has 1 heterocycles. The number of nitrogens with zero attached hydrogens (tertiary/aromatic N) is 2. The van der Waals surface area contributed by atoms with Crippen molar-refractivity contribution < 1.29 is 14.3 Å². The van der Waals surface area contributed by atoms with E-state index >= 15 is 0 Å². The Morgan fingerprint density at radius 3 is 2.50 bits per heavy atom. The predicted octanol–water partition coefficient (Wildman–Crippen LogP) is 1.16. The summed E-state index contributed by atoms with van der Waals surface area (Å²) in [5, 5.41) is 2.42. The van der Waals surface area contributed by atoms with Gasteiger partial charge in [0.05, 0.1) is 12.4 Å². The van der Waals surface area contributed by atoms with E-state index in [0.29, 0.717) is 18.9 Å². The van der Waals surface area contributed by atoms with Crippen molar-refractivity contribution in [2.24, 2.45) is 5.73 Å². The molecule has 0 aromatic carbocycles. The fourth-order valence-corrected chi connectivity index (χ4v) is 1.03. The van der Waals surface area contributed by atoms with Gasteiger partial charge in [0.2, 0.25) is 5.95 Å². The van der Waals surface area contributed by atoms with Crippen LogP contribution in [0.15, 0.2) is 12.4 Å². The molecule has 0 saturated carbocycles. The molecule has 0 bridgehead atoms. The molecule has 0 saturated heterocycles. The molecule has 0 fully saturated rings. The minimum atomic E-state index is -0.599. The van der Waals surface area contributed by atoms with E-state index in [1.165, 1.54) is 12.4 Å². The predicted molar refractivity (Wildman–Crippen MR) is 66.4 cm³/mol. The van der Waals surface area contributed by atoms with Gasteiger partial charge in [-0.05, 0) is 20.8 Å². The Balaban J connectivity index is 2.50. The summed E-state index contributed by atoms with van der Waals surface area (Å²) in [6.07, 6.45) is 2.31. The number of ether oxygens (including phenoxy) is 2. The van der Waals surface area contributed by atoms with Crippen LogP contribution in [0.1, 0.15) is 20.8 Å². The lowest BCUT2D eigenvalue weighted by Crippen LogP contribution is -2.27. The van der Waals surface area contributed by atoms with Gasteiger partial charge in [-0.2, -0.15) is 0 Å². The lowest BCUT2D eigenvalue weighted by atomic mass is 10.2. The zero-order chi connectivity index (χ0) is 13.6. The normalized spacial score (nSPS) is 10.9. The fraction of sp³-hybridized carbons (Fsp3) is 0.545. The van der Waals surface area contributed by atoms with Gasteiger partial charge in [0.25, 0.3) is 0 Å². The van der Waals surface area contributed by atoms with Crippen molar-refractivity contribution in [1.29, 1.82) is 0 Å². The number of amides is 1. The number of hydrogen-bond acceptors (Lipinski definition) is 6. The third kappa shape index (κ3) is 5.44. The summed E-state index contributed by atoms with van der Waals surface area (Å²) in [4.78, 5) is 19.2. The van der Waals surface area contributed by atoms with Gasteiger partial charge < -0.3 is 15.2 Å². The highest BCUT2D eigenvalue weighted by Gasteiger charge is 2.16. The Morgan fingerprint density at radius 1 is 1.39 bits per heavy atom. The van der Waals surface area contributed by atoms with Gasteiger partial charge in [-0.3, -0.25) is 5.32 Å². The first-order valence-electron chi connectivity index (χ1n) is 5.55. The molecule has 0 aliphatic carbocycles. The number of nitrogens with one attached hydrogen (secondary N) is 1. The van der Waals surface area contributed by atoms with E-state index in [9.17, 15) is 4.79 Å². The number of anilines is 1. The number of nitrogens with two attached hydrogens (primary N) is 1. The van der Waals surface area contributed by atoms with Crippen molar-refractivity contribution in [2.75, 3.05) is 18.5 Å². The largest absolute Gasteiger partial charge is 0.489 e. The topological polar surface area (TPSA) is 99.4 Å². The van der Waals surface area contributed by atoms with Crippen LogP contribution in [-0.2, 0) is 4.74 Å². The summed E-state index contributed by atoms with van der Waals surface area (Å²) in [6, 6.07) is 0. The van der Waals surface area contributed by atoms with Gasteiger partial charge in [-0.1, -0.05) is 0 Å². The van der Waals surface area contributed by atoms with Crippen LogP contribution in [-0.4, -0.2) is 34.8 Å². The van der Waals surface area contributed by atoms with Gasteiger partial charge in [0.1, 0.15) is 12.2 Å². The molecule has 0 unspecified atom stereocenters. The lowest BCUT2D eigenvalue weighted by Gasteiger charge is -2.19. The second kappa shape index (κ2) is 6.15. The quantitative estimate of drug-likeness (QED) is 0.836. The number of carbonyl (C=O) groups is 1. The number of rotatable bonds is 4. The van der Waals surface area contributed by atoms with E-state index in [0.717, 1.165) is 0 Å². The van der Waals surface area contributed by atoms with Gasteiger partial charge in [-0.15, -0.1) is 0 Å². The van der Waals surface area contributed by atoms with Crippen molar-refractivity contribution in [3.05, 3.63) is 12.4 Å². The second-order valence-corrected chi connectivity index (χ2v) is 4.51. The van der Waals surface area contributed by atoms with E-state index < -0.39 is 11.7 Å². The van der Waals surface area contributed by atoms with Crippen molar-refractivity contribution in [3.63, 3.8) is 0 Å². The third-order valence-electron chi connectivity index (χ3n) is 1.63. The molecular weight excluding hydrogens is 236 g/mol. The second-order valence-electron chi connectivity index (χ2n) is 4.51. The zero-order valence-electron chi connectivity index (χ0n) is 10.8. The maximum absolute atomic E-state index is 11.4. The van der Waals surface area contributed by atoms with E-state index in [4.69, 9.17) is 15.2 Å². The summed E-state index contributed by atoms with van der Waals surface area (Å²) < 4.78 is 10.3. The van der Waals surface area contributed by atoms with Crippen LogP contribution < -0.4 is 15.8 Å². The first kappa shape index (κ1) is 14.2. The maximum Gasteiger partial charge on any atom is 0.414 e. The highest BCUT2D eigenvalue weighted by atomic mass is 16.6. The molecule has 0 aliphatic heterocycles. The molecule has 7 nitrogen and oxygen atoms in total. The lowest BCUT2D eigenvalue weighted by molar-refractivity contribution is 0.0634. The molecule has 0 atom stereocenters. The Morgan fingerprint density at radius 2 is 2.00 bits per heavy atom. The van der Waals surface area contributed by atoms with Crippen molar-refractivity contribution in [1.82, 2.24) is 9.97 Å². The summed E-state index contributed by atoms with van der Waals surface area (Å²) in [7, 11) is 0. The molecule has 0 aliphatic rings. The highest BCUT2D eigenvalue weighted by molar-refractivity contribution is 5.82. The van der Waals surface area contributed by atoms with E-state index in [-0.39, 0.29) is 5.95 Å². The third-order valence-corrected chi connectivity index (χ3v) is 1.63. The van der Waals surface area contributed by atoms with Crippen LogP contribution in [0.4, 0.5) is 10.7 Å². The smallest absolute Gasteiger partial charge is 0.414 e. The monoisotopic (exact) mass is 254 g/mol. The SMILES string of the molecule is CC(C)(C)OC(=O)Nc1ncc(OCCN)cn1. The van der Waals surface area contributed by atoms with Gasteiger partial charge in [0.15, 0.2) is 5.75 Å². The highest BCUT2D eigenvalue weighted by Crippen LogP contribution is 2.11. The van der Waals surface area contributed by atoms with Crippen molar-refractivity contribution >= 4 is 12.0 Å². The molecule has 1 aromatic rings. The van der Waals surface area contributed by atoms with Crippen molar-refractivity contribution in [2.45, 2.75) is 26.4 Å². The van der Waals surface area contributed by atoms with E-state index in [1.807, 2.05) is 0 Å². The molecule has 18 heavy (non-hydrogen) atoms. The average Bonchev–Trinajstić information content (AvgIpc) is 2.25. The molecule has 100 valence electrons. The Kier molecular flexibility index (Phi) is 4.85. The van der Waals surface area contributed by atoms with Crippen LogP contribution in [0, 0.1) is 0 Å². The van der Waals surface area contributed by atoms with E-state index in [2.05, 4.69) is 15.3 Å². The first-order chi connectivity index (χ1) is 8.40. The maximum atomic E-state index is 11.4. The van der Waals surface area contributed by atoms with Crippen molar-refractivity contribution in [3.8, 4) is 5.75 Å². The Hall–Kier alpha value is -1.89. The fourth-order valence-electron chi connectivity index (χ4n) is 1.03. The minimum Gasteiger partial charge on any atom is -0.489 e. The minimum absolute atomic E-state index is 0.157. The molecule has 1 rings (SSSR count). The zero-order valence-corrected chi connectivity index (χ0v) is 10.8. The molecule has 1 amide bonds. The van der Waals surface area contributed by atoms with Crippen LogP contribution in [0.25, 0.3) is 0 Å². The Bertz CT molecular complexity index is 386. The van der Waals surface area contributed by atoms with Crippen LogP contribution in [0.2, 0.25) is 0 Å². The van der Waals surface area contributed by atoms with Crippen LogP contribution in [0.3, 0.4) is 0 Å². The summed E-state index contributed by atoms with van der Waals surface area (Å²) in [5.74, 6) is 0.652. The standard InChI is InChI=1S/C11H18N4O3/c1-11(2,3)18-10(16)15-9-13-6-8(7-14-9)17-5-4-12/h6-7H,4-5,12H2,1-3H3,(H,13,14,15,16). The number of carbonyl (C=O) groups excluding carboxylic acids is 1. The first-order valence-corrected chi connectivity index (χ1v) is 5.55.